The van der Waals surface area contributed by atoms with Crippen LogP contribution in [-0.2, 0) is 0 Å². The van der Waals surface area contributed by atoms with Gasteiger partial charge in [0.25, 0.3) is 0 Å². The molecule has 0 aliphatic carbocycles. The van der Waals surface area contributed by atoms with E-state index in [2.05, 4.69) is 40.2 Å². The molecule has 0 N–H and O–H groups in total. The molecule has 0 aliphatic heterocycles. The Labute approximate surface area is 127 Å². The van der Waals surface area contributed by atoms with Gasteiger partial charge in [0, 0.05) is 4.47 Å². The number of hydrogen-bond acceptors (Lipinski definition) is 1. The summed E-state index contributed by atoms with van der Waals surface area (Å²) in [5.74, 6) is 1.69. The van der Waals surface area contributed by atoms with Crippen molar-refractivity contribution in [1.29, 1.82) is 0 Å². The Balaban J connectivity index is 1.81. The summed E-state index contributed by atoms with van der Waals surface area (Å²) in [6.45, 7) is 0. The second kappa shape index (κ2) is 5.93. The molecule has 0 aromatic heterocycles. The molecule has 0 radical (unpaired) electrons. The molecule has 20 heavy (non-hydrogen) atoms. The average molecular weight is 325 g/mol. The quantitative estimate of drug-likeness (QED) is 0.582. The van der Waals surface area contributed by atoms with E-state index in [9.17, 15) is 0 Å². The molecule has 3 aromatic carbocycles. The monoisotopic (exact) mass is 324 g/mol. The molecule has 0 atom stereocenters. The highest BCUT2D eigenvalue weighted by molar-refractivity contribution is 9.10. The fourth-order valence-corrected chi connectivity index (χ4v) is 2.41. The van der Waals surface area contributed by atoms with E-state index in [1.165, 1.54) is 11.1 Å². The fraction of sp³-hybridized carbons (Fsp3) is 0. The van der Waals surface area contributed by atoms with Crippen molar-refractivity contribution in [2.45, 2.75) is 0 Å². The molecule has 98 valence electrons. The predicted octanol–water partition coefficient (Wildman–Crippen LogP) is 5.91. The lowest BCUT2D eigenvalue weighted by Crippen LogP contribution is -1.84. The standard InChI is InChI=1S/C18H13BrO/c19-16-6-4-5-15(13-16)14-9-11-18(12-10-14)20-17-7-2-1-3-8-17/h1-13H. The summed E-state index contributed by atoms with van der Waals surface area (Å²) in [7, 11) is 0. The van der Waals surface area contributed by atoms with Crippen LogP contribution in [0.5, 0.6) is 11.5 Å². The van der Waals surface area contributed by atoms with E-state index >= 15 is 0 Å². The Bertz CT molecular complexity index is 690. The molecule has 3 rings (SSSR count). The van der Waals surface area contributed by atoms with Crippen LogP contribution in [0.1, 0.15) is 0 Å². The zero-order valence-electron chi connectivity index (χ0n) is 10.8. The minimum Gasteiger partial charge on any atom is -0.457 e. The van der Waals surface area contributed by atoms with Gasteiger partial charge in [0.1, 0.15) is 11.5 Å². The third-order valence-corrected chi connectivity index (χ3v) is 3.48. The van der Waals surface area contributed by atoms with Crippen LogP contribution in [0, 0.1) is 0 Å². The predicted molar refractivity (Wildman–Crippen MR) is 86.1 cm³/mol. The van der Waals surface area contributed by atoms with Crippen molar-refractivity contribution >= 4 is 15.9 Å². The van der Waals surface area contributed by atoms with Crippen LogP contribution in [0.2, 0.25) is 0 Å². The number of ether oxygens (including phenoxy) is 1. The highest BCUT2D eigenvalue weighted by Gasteiger charge is 2.00. The molecule has 0 bridgehead atoms. The summed E-state index contributed by atoms with van der Waals surface area (Å²) >= 11 is 3.49. The van der Waals surface area contributed by atoms with Crippen molar-refractivity contribution < 1.29 is 4.74 Å². The van der Waals surface area contributed by atoms with Crippen LogP contribution >= 0.6 is 15.9 Å². The highest BCUT2D eigenvalue weighted by atomic mass is 79.9. The number of halogens is 1. The van der Waals surface area contributed by atoms with Gasteiger partial charge in [0.2, 0.25) is 0 Å². The first-order valence-electron chi connectivity index (χ1n) is 6.40. The van der Waals surface area contributed by atoms with Crippen molar-refractivity contribution in [2.24, 2.45) is 0 Å². The second-order valence-electron chi connectivity index (χ2n) is 4.45. The van der Waals surface area contributed by atoms with Crippen LogP contribution in [0.3, 0.4) is 0 Å². The topological polar surface area (TPSA) is 9.23 Å². The Kier molecular flexibility index (Phi) is 3.84. The molecule has 2 heteroatoms. The van der Waals surface area contributed by atoms with E-state index in [1.54, 1.807) is 0 Å². The van der Waals surface area contributed by atoms with Crippen LogP contribution in [0.15, 0.2) is 83.3 Å². The molecule has 0 amide bonds. The zero-order chi connectivity index (χ0) is 13.8. The number of benzene rings is 3. The van der Waals surface area contributed by atoms with Crippen molar-refractivity contribution in [3.05, 3.63) is 83.3 Å². The SMILES string of the molecule is Brc1cccc(-c2ccc(Oc3ccccc3)cc2)c1. The molecule has 0 saturated heterocycles. The van der Waals surface area contributed by atoms with Gasteiger partial charge < -0.3 is 4.74 Å². The van der Waals surface area contributed by atoms with Crippen LogP contribution < -0.4 is 4.74 Å². The Morgan fingerprint density at radius 3 is 2.00 bits per heavy atom. The first-order chi connectivity index (χ1) is 9.81. The first-order valence-corrected chi connectivity index (χ1v) is 7.19. The van der Waals surface area contributed by atoms with E-state index in [0.717, 1.165) is 16.0 Å². The van der Waals surface area contributed by atoms with Gasteiger partial charge in [0.15, 0.2) is 0 Å². The van der Waals surface area contributed by atoms with E-state index in [4.69, 9.17) is 4.74 Å². The third-order valence-electron chi connectivity index (χ3n) is 2.99. The van der Waals surface area contributed by atoms with Gasteiger partial charge in [0.05, 0.1) is 0 Å². The van der Waals surface area contributed by atoms with Gasteiger partial charge in [-0.2, -0.15) is 0 Å². The van der Waals surface area contributed by atoms with Crippen molar-refractivity contribution in [3.8, 4) is 22.6 Å². The van der Waals surface area contributed by atoms with Crippen LogP contribution in [-0.4, -0.2) is 0 Å². The number of rotatable bonds is 3. The third kappa shape index (κ3) is 3.09. The van der Waals surface area contributed by atoms with Gasteiger partial charge in [-0.3, -0.25) is 0 Å². The molecule has 1 nitrogen and oxygen atoms in total. The molecule has 0 saturated carbocycles. The van der Waals surface area contributed by atoms with Gasteiger partial charge in [-0.1, -0.05) is 58.4 Å². The Morgan fingerprint density at radius 2 is 1.30 bits per heavy atom. The van der Waals surface area contributed by atoms with Crippen molar-refractivity contribution in [2.75, 3.05) is 0 Å². The molecular formula is C18H13BrO. The highest BCUT2D eigenvalue weighted by Crippen LogP contribution is 2.27. The van der Waals surface area contributed by atoms with E-state index in [1.807, 2.05) is 54.6 Å². The summed E-state index contributed by atoms with van der Waals surface area (Å²) in [4.78, 5) is 0. The molecule has 0 aliphatic rings. The maximum atomic E-state index is 5.78. The zero-order valence-corrected chi connectivity index (χ0v) is 12.4. The lowest BCUT2D eigenvalue weighted by molar-refractivity contribution is 0.483. The fourth-order valence-electron chi connectivity index (χ4n) is 2.01. The number of hydrogen-bond donors (Lipinski definition) is 0. The van der Waals surface area contributed by atoms with Crippen LogP contribution in [0.4, 0.5) is 0 Å². The summed E-state index contributed by atoms with van der Waals surface area (Å²) in [6.07, 6.45) is 0. The van der Waals surface area contributed by atoms with Crippen molar-refractivity contribution in [3.63, 3.8) is 0 Å². The first kappa shape index (κ1) is 12.9. The second-order valence-corrected chi connectivity index (χ2v) is 5.37. The molecule has 3 aromatic rings. The van der Waals surface area contributed by atoms with E-state index in [-0.39, 0.29) is 0 Å². The summed E-state index contributed by atoms with van der Waals surface area (Å²) in [5.41, 5.74) is 2.36. The van der Waals surface area contributed by atoms with Gasteiger partial charge in [-0.15, -0.1) is 0 Å². The van der Waals surface area contributed by atoms with Gasteiger partial charge in [-0.25, -0.2) is 0 Å². The summed E-state index contributed by atoms with van der Waals surface area (Å²) < 4.78 is 6.87. The smallest absolute Gasteiger partial charge is 0.127 e. The molecule has 0 fully saturated rings. The number of para-hydroxylation sites is 1. The lowest BCUT2D eigenvalue weighted by Gasteiger charge is -2.07. The van der Waals surface area contributed by atoms with Gasteiger partial charge >= 0.3 is 0 Å². The lowest BCUT2D eigenvalue weighted by atomic mass is 10.1. The molecule has 0 unspecified atom stereocenters. The average Bonchev–Trinajstić information content (AvgIpc) is 2.49. The molecular weight excluding hydrogens is 312 g/mol. The summed E-state index contributed by atoms with van der Waals surface area (Å²) in [6, 6.07) is 26.2. The largest absolute Gasteiger partial charge is 0.457 e. The normalized spacial score (nSPS) is 10.2. The van der Waals surface area contributed by atoms with E-state index < -0.39 is 0 Å². The molecule has 0 heterocycles. The minimum atomic E-state index is 0.843. The maximum Gasteiger partial charge on any atom is 0.127 e. The summed E-state index contributed by atoms with van der Waals surface area (Å²) in [5, 5.41) is 0. The molecule has 0 spiro atoms. The minimum absolute atomic E-state index is 0.843. The van der Waals surface area contributed by atoms with Crippen molar-refractivity contribution in [1.82, 2.24) is 0 Å². The van der Waals surface area contributed by atoms with E-state index in [0.29, 0.717) is 0 Å². The Hall–Kier alpha value is -2.06. The maximum absolute atomic E-state index is 5.78. The van der Waals surface area contributed by atoms with Gasteiger partial charge in [-0.05, 0) is 47.5 Å². The van der Waals surface area contributed by atoms with Crippen LogP contribution in [0.25, 0.3) is 11.1 Å². The Morgan fingerprint density at radius 1 is 0.600 bits per heavy atom.